The Kier molecular flexibility index (Phi) is 4.90. The molecule has 0 aromatic heterocycles. The van der Waals surface area contributed by atoms with Gasteiger partial charge in [-0.05, 0) is 27.2 Å². The van der Waals surface area contributed by atoms with Crippen LogP contribution in [0, 0.1) is 0 Å². The molecule has 0 spiro atoms. The molecular weight excluding hydrogens is 156 g/mol. The highest BCUT2D eigenvalue weighted by molar-refractivity contribution is 5.70. The SMILES string of the molecule is CCOC(=O)COC(C)(C)CC. The summed E-state index contributed by atoms with van der Waals surface area (Å²) < 4.78 is 10.0. The fourth-order valence-corrected chi connectivity index (χ4v) is 0.559. The first-order chi connectivity index (χ1) is 5.52. The predicted molar refractivity (Wildman–Crippen MR) is 47.0 cm³/mol. The second-order valence-corrected chi connectivity index (χ2v) is 3.21. The van der Waals surface area contributed by atoms with Gasteiger partial charge in [-0.3, -0.25) is 0 Å². The maximum atomic E-state index is 10.9. The molecule has 0 unspecified atom stereocenters. The monoisotopic (exact) mass is 174 g/mol. The van der Waals surface area contributed by atoms with Crippen LogP contribution in [-0.2, 0) is 14.3 Å². The molecule has 72 valence electrons. The van der Waals surface area contributed by atoms with Crippen LogP contribution in [0.5, 0.6) is 0 Å². The van der Waals surface area contributed by atoms with E-state index in [0.717, 1.165) is 6.42 Å². The molecule has 3 nitrogen and oxygen atoms in total. The normalized spacial score (nSPS) is 11.3. The van der Waals surface area contributed by atoms with Gasteiger partial charge in [-0.2, -0.15) is 0 Å². The van der Waals surface area contributed by atoms with Crippen LogP contribution in [-0.4, -0.2) is 24.8 Å². The third-order valence-corrected chi connectivity index (χ3v) is 1.74. The smallest absolute Gasteiger partial charge is 0.332 e. The summed E-state index contributed by atoms with van der Waals surface area (Å²) in [6.07, 6.45) is 0.881. The second-order valence-electron chi connectivity index (χ2n) is 3.21. The highest BCUT2D eigenvalue weighted by atomic mass is 16.6. The molecule has 0 aliphatic heterocycles. The van der Waals surface area contributed by atoms with Crippen molar-refractivity contribution in [3.63, 3.8) is 0 Å². The van der Waals surface area contributed by atoms with Gasteiger partial charge in [0.25, 0.3) is 0 Å². The Bertz CT molecular complexity index is 141. The topological polar surface area (TPSA) is 35.5 Å². The first-order valence-corrected chi connectivity index (χ1v) is 4.31. The number of carbonyl (C=O) groups is 1. The molecule has 0 aliphatic carbocycles. The summed E-state index contributed by atoms with van der Waals surface area (Å²) in [6, 6.07) is 0. The molecule has 3 heteroatoms. The Hall–Kier alpha value is -0.570. The van der Waals surface area contributed by atoms with Crippen LogP contribution >= 0.6 is 0 Å². The van der Waals surface area contributed by atoms with Crippen molar-refractivity contribution in [2.45, 2.75) is 39.7 Å². The van der Waals surface area contributed by atoms with Gasteiger partial charge in [-0.25, -0.2) is 4.79 Å². The van der Waals surface area contributed by atoms with E-state index in [1.165, 1.54) is 0 Å². The van der Waals surface area contributed by atoms with Gasteiger partial charge in [0.2, 0.25) is 0 Å². The number of esters is 1. The number of hydrogen-bond donors (Lipinski definition) is 0. The van der Waals surface area contributed by atoms with Crippen molar-refractivity contribution in [2.24, 2.45) is 0 Å². The van der Waals surface area contributed by atoms with E-state index in [1.807, 2.05) is 20.8 Å². The molecule has 0 saturated carbocycles. The van der Waals surface area contributed by atoms with Crippen molar-refractivity contribution in [2.75, 3.05) is 13.2 Å². The van der Waals surface area contributed by atoms with Gasteiger partial charge in [-0.15, -0.1) is 0 Å². The average molecular weight is 174 g/mol. The fourth-order valence-electron chi connectivity index (χ4n) is 0.559. The van der Waals surface area contributed by atoms with Gasteiger partial charge >= 0.3 is 5.97 Å². The number of hydrogen-bond acceptors (Lipinski definition) is 3. The summed E-state index contributed by atoms with van der Waals surface area (Å²) in [5, 5.41) is 0. The van der Waals surface area contributed by atoms with Crippen molar-refractivity contribution >= 4 is 5.97 Å². The Morgan fingerprint density at radius 2 is 1.92 bits per heavy atom. The van der Waals surface area contributed by atoms with E-state index >= 15 is 0 Å². The van der Waals surface area contributed by atoms with Crippen molar-refractivity contribution in [1.29, 1.82) is 0 Å². The molecule has 0 N–H and O–H groups in total. The Morgan fingerprint density at radius 3 is 2.33 bits per heavy atom. The van der Waals surface area contributed by atoms with Gasteiger partial charge in [0, 0.05) is 0 Å². The van der Waals surface area contributed by atoms with Crippen LogP contribution in [0.3, 0.4) is 0 Å². The van der Waals surface area contributed by atoms with Crippen LogP contribution in [0.2, 0.25) is 0 Å². The lowest BCUT2D eigenvalue weighted by molar-refractivity contribution is -0.154. The first kappa shape index (κ1) is 11.4. The molecule has 0 rings (SSSR count). The van der Waals surface area contributed by atoms with Crippen molar-refractivity contribution in [3.05, 3.63) is 0 Å². The number of ether oxygens (including phenoxy) is 2. The van der Waals surface area contributed by atoms with Crippen LogP contribution < -0.4 is 0 Å². The van der Waals surface area contributed by atoms with E-state index in [-0.39, 0.29) is 18.2 Å². The first-order valence-electron chi connectivity index (χ1n) is 4.31. The Labute approximate surface area is 74.0 Å². The van der Waals surface area contributed by atoms with Gasteiger partial charge in [0.1, 0.15) is 6.61 Å². The Morgan fingerprint density at radius 1 is 1.33 bits per heavy atom. The summed E-state index contributed by atoms with van der Waals surface area (Å²) in [4.78, 5) is 10.9. The number of rotatable bonds is 5. The lowest BCUT2D eigenvalue weighted by Gasteiger charge is -2.22. The highest BCUT2D eigenvalue weighted by Gasteiger charge is 2.17. The molecule has 0 aliphatic rings. The molecule has 0 fully saturated rings. The van der Waals surface area contributed by atoms with E-state index in [9.17, 15) is 4.79 Å². The van der Waals surface area contributed by atoms with Crippen molar-refractivity contribution < 1.29 is 14.3 Å². The summed E-state index contributed by atoms with van der Waals surface area (Å²) in [6.45, 7) is 8.16. The van der Waals surface area contributed by atoms with E-state index in [2.05, 4.69) is 0 Å². The van der Waals surface area contributed by atoms with Gasteiger partial charge in [-0.1, -0.05) is 6.92 Å². The minimum atomic E-state index is -0.293. The van der Waals surface area contributed by atoms with Gasteiger partial charge in [0.15, 0.2) is 0 Å². The summed E-state index contributed by atoms with van der Waals surface area (Å²) in [5.41, 5.74) is -0.229. The maximum absolute atomic E-state index is 10.9. The largest absolute Gasteiger partial charge is 0.464 e. The highest BCUT2D eigenvalue weighted by Crippen LogP contribution is 2.12. The fraction of sp³-hybridized carbons (Fsp3) is 0.889. The molecule has 0 amide bonds. The summed E-state index contributed by atoms with van der Waals surface area (Å²) in [5.74, 6) is -0.293. The zero-order chi connectivity index (χ0) is 9.61. The second kappa shape index (κ2) is 5.14. The Balaban J connectivity index is 3.60. The van der Waals surface area contributed by atoms with Crippen molar-refractivity contribution in [3.8, 4) is 0 Å². The standard InChI is InChI=1S/C9H18O3/c1-5-9(3,4)12-7-8(10)11-6-2/h5-7H2,1-4H3. The molecule has 0 saturated heterocycles. The van der Waals surface area contributed by atoms with E-state index in [4.69, 9.17) is 9.47 Å². The summed E-state index contributed by atoms with van der Waals surface area (Å²) in [7, 11) is 0. The molecule has 0 atom stereocenters. The van der Waals surface area contributed by atoms with E-state index in [1.54, 1.807) is 6.92 Å². The van der Waals surface area contributed by atoms with Crippen LogP contribution in [0.4, 0.5) is 0 Å². The molecule has 0 heterocycles. The van der Waals surface area contributed by atoms with Gasteiger partial charge < -0.3 is 9.47 Å². The quantitative estimate of drug-likeness (QED) is 0.596. The maximum Gasteiger partial charge on any atom is 0.332 e. The zero-order valence-electron chi connectivity index (χ0n) is 8.35. The molecular formula is C9H18O3. The van der Waals surface area contributed by atoms with E-state index < -0.39 is 0 Å². The molecule has 0 aromatic rings. The third-order valence-electron chi connectivity index (χ3n) is 1.74. The lowest BCUT2D eigenvalue weighted by Crippen LogP contribution is -2.27. The average Bonchev–Trinajstić information content (AvgIpc) is 2.02. The van der Waals surface area contributed by atoms with Crippen LogP contribution in [0.25, 0.3) is 0 Å². The van der Waals surface area contributed by atoms with Crippen LogP contribution in [0.1, 0.15) is 34.1 Å². The molecule has 0 bridgehead atoms. The van der Waals surface area contributed by atoms with Gasteiger partial charge in [0.05, 0.1) is 12.2 Å². The van der Waals surface area contributed by atoms with Crippen LogP contribution in [0.15, 0.2) is 0 Å². The lowest BCUT2D eigenvalue weighted by atomic mass is 10.1. The van der Waals surface area contributed by atoms with Crippen molar-refractivity contribution in [1.82, 2.24) is 0 Å². The van der Waals surface area contributed by atoms with E-state index in [0.29, 0.717) is 6.61 Å². The zero-order valence-corrected chi connectivity index (χ0v) is 8.35. The third kappa shape index (κ3) is 5.13. The molecule has 0 aromatic carbocycles. The molecule has 12 heavy (non-hydrogen) atoms. The minimum absolute atomic E-state index is 0.0503. The summed E-state index contributed by atoms with van der Waals surface area (Å²) >= 11 is 0. The minimum Gasteiger partial charge on any atom is -0.464 e. The predicted octanol–water partition coefficient (Wildman–Crippen LogP) is 1.75. The molecule has 0 radical (unpaired) electrons. The number of carbonyl (C=O) groups excluding carboxylic acids is 1.